The first-order chi connectivity index (χ1) is 7.61. The van der Waals surface area contributed by atoms with Crippen LogP contribution in [0.4, 0.5) is 11.5 Å². The number of rotatable bonds is 2. The fourth-order valence-corrected chi connectivity index (χ4v) is 2.00. The normalized spacial score (nSPS) is 19.6. The number of hydrogen-bond acceptors (Lipinski definition) is 4. The smallest absolute Gasteiger partial charge is 0.127 e. The van der Waals surface area contributed by atoms with E-state index >= 15 is 0 Å². The molecule has 1 aliphatic heterocycles. The summed E-state index contributed by atoms with van der Waals surface area (Å²) in [6.07, 6.45) is 3.46. The maximum atomic E-state index is 9.89. The Kier molecular flexibility index (Phi) is 3.01. The van der Waals surface area contributed by atoms with Crippen LogP contribution in [0.5, 0.6) is 0 Å². The second kappa shape index (κ2) is 4.29. The Hall–Kier alpha value is -1.29. The van der Waals surface area contributed by atoms with E-state index in [4.69, 9.17) is 0 Å². The lowest BCUT2D eigenvalue weighted by atomic mass is 9.93. The third-order valence-corrected chi connectivity index (χ3v) is 3.21. The van der Waals surface area contributed by atoms with Crippen molar-refractivity contribution in [2.75, 3.05) is 30.4 Å². The summed E-state index contributed by atoms with van der Waals surface area (Å²) < 4.78 is 0. The molecule has 1 saturated heterocycles. The van der Waals surface area contributed by atoms with E-state index in [0.29, 0.717) is 0 Å². The van der Waals surface area contributed by atoms with E-state index in [9.17, 15) is 5.11 Å². The van der Waals surface area contributed by atoms with Gasteiger partial charge in [-0.05, 0) is 25.8 Å². The highest BCUT2D eigenvalue weighted by atomic mass is 16.3. The molecule has 1 aromatic heterocycles. The van der Waals surface area contributed by atoms with Gasteiger partial charge in [0.2, 0.25) is 0 Å². The third kappa shape index (κ3) is 2.44. The van der Waals surface area contributed by atoms with Gasteiger partial charge in [0.1, 0.15) is 5.82 Å². The molecule has 1 fully saturated rings. The summed E-state index contributed by atoms with van der Waals surface area (Å²) in [5, 5.41) is 12.9. The first kappa shape index (κ1) is 11.2. The molecule has 88 valence electrons. The van der Waals surface area contributed by atoms with E-state index in [1.165, 1.54) is 5.69 Å². The van der Waals surface area contributed by atoms with Crippen molar-refractivity contribution >= 4 is 11.5 Å². The highest BCUT2D eigenvalue weighted by molar-refractivity contribution is 5.53. The van der Waals surface area contributed by atoms with E-state index in [-0.39, 0.29) is 0 Å². The Bertz CT molecular complexity index is 355. The summed E-state index contributed by atoms with van der Waals surface area (Å²) >= 11 is 0. The maximum Gasteiger partial charge on any atom is 0.127 e. The van der Waals surface area contributed by atoms with Gasteiger partial charge in [0.15, 0.2) is 0 Å². The van der Waals surface area contributed by atoms with Crippen molar-refractivity contribution < 1.29 is 5.11 Å². The monoisotopic (exact) mass is 221 g/mol. The van der Waals surface area contributed by atoms with Gasteiger partial charge in [0.25, 0.3) is 0 Å². The fraction of sp³-hybridized carbons (Fsp3) is 0.583. The van der Waals surface area contributed by atoms with Crippen LogP contribution >= 0.6 is 0 Å². The number of piperidine rings is 1. The summed E-state index contributed by atoms with van der Waals surface area (Å²) in [7, 11) is 1.87. The lowest BCUT2D eigenvalue weighted by molar-refractivity contribution is 0.0351. The molecule has 2 heterocycles. The Labute approximate surface area is 96.3 Å². The van der Waals surface area contributed by atoms with Crippen molar-refractivity contribution in [3.63, 3.8) is 0 Å². The quantitative estimate of drug-likeness (QED) is 0.794. The largest absolute Gasteiger partial charge is 0.390 e. The Morgan fingerprint density at radius 1 is 1.44 bits per heavy atom. The number of aliphatic hydroxyl groups is 1. The molecule has 0 radical (unpaired) electrons. The molecule has 2 N–H and O–H groups in total. The van der Waals surface area contributed by atoms with Crippen LogP contribution in [0.1, 0.15) is 19.8 Å². The highest BCUT2D eigenvalue weighted by Crippen LogP contribution is 2.26. The minimum atomic E-state index is -0.491. The first-order valence-electron chi connectivity index (χ1n) is 5.72. The van der Waals surface area contributed by atoms with Crippen LogP contribution in [-0.2, 0) is 0 Å². The molecule has 16 heavy (non-hydrogen) atoms. The van der Waals surface area contributed by atoms with Gasteiger partial charge in [-0.25, -0.2) is 4.98 Å². The van der Waals surface area contributed by atoms with Gasteiger partial charge in [-0.3, -0.25) is 0 Å². The summed E-state index contributed by atoms with van der Waals surface area (Å²) in [4.78, 5) is 6.49. The van der Waals surface area contributed by atoms with E-state index in [1.807, 2.05) is 32.3 Å². The van der Waals surface area contributed by atoms with Crippen LogP contribution < -0.4 is 10.2 Å². The third-order valence-electron chi connectivity index (χ3n) is 3.21. The second-order valence-corrected chi connectivity index (χ2v) is 4.63. The van der Waals surface area contributed by atoms with Crippen molar-refractivity contribution in [2.24, 2.45) is 0 Å². The number of hydrogen-bond donors (Lipinski definition) is 2. The number of nitrogens with one attached hydrogen (secondary N) is 1. The molecule has 4 nitrogen and oxygen atoms in total. The van der Waals surface area contributed by atoms with Crippen LogP contribution in [-0.4, -0.2) is 35.8 Å². The van der Waals surface area contributed by atoms with Crippen LogP contribution in [0.15, 0.2) is 18.3 Å². The van der Waals surface area contributed by atoms with Crippen molar-refractivity contribution in [1.82, 2.24) is 4.98 Å². The molecule has 0 aromatic carbocycles. The van der Waals surface area contributed by atoms with Crippen LogP contribution in [0.3, 0.4) is 0 Å². The van der Waals surface area contributed by atoms with Crippen molar-refractivity contribution in [2.45, 2.75) is 25.4 Å². The highest BCUT2D eigenvalue weighted by Gasteiger charge is 2.27. The average molecular weight is 221 g/mol. The minimum absolute atomic E-state index is 0.491. The molecule has 4 heteroatoms. The molecule has 0 unspecified atom stereocenters. The molecule has 2 rings (SSSR count). The molecule has 0 atom stereocenters. The number of nitrogens with zero attached hydrogens (tertiary/aromatic N) is 2. The molecule has 1 aromatic rings. The lowest BCUT2D eigenvalue weighted by Gasteiger charge is -2.37. The summed E-state index contributed by atoms with van der Waals surface area (Å²) in [5.74, 6) is 0.884. The van der Waals surface area contributed by atoms with Crippen molar-refractivity contribution in [3.05, 3.63) is 18.3 Å². The predicted octanol–water partition coefficient (Wildman–Crippen LogP) is 1.47. The molecule has 1 aliphatic rings. The second-order valence-electron chi connectivity index (χ2n) is 4.63. The first-order valence-corrected chi connectivity index (χ1v) is 5.72. The van der Waals surface area contributed by atoms with Gasteiger partial charge in [-0.1, -0.05) is 0 Å². The van der Waals surface area contributed by atoms with Gasteiger partial charge < -0.3 is 15.3 Å². The zero-order chi connectivity index (χ0) is 11.6. The van der Waals surface area contributed by atoms with Crippen LogP contribution in [0.2, 0.25) is 0 Å². The van der Waals surface area contributed by atoms with E-state index in [1.54, 1.807) is 0 Å². The molecular formula is C12H19N3O. The molecule has 0 saturated carbocycles. The fourth-order valence-electron chi connectivity index (χ4n) is 2.00. The SMILES string of the molecule is CNc1cc(N2CCC(C)(O)CC2)ccn1. The van der Waals surface area contributed by atoms with Crippen molar-refractivity contribution in [1.29, 1.82) is 0 Å². The Morgan fingerprint density at radius 3 is 2.75 bits per heavy atom. The summed E-state index contributed by atoms with van der Waals surface area (Å²) in [6, 6.07) is 4.06. The maximum absolute atomic E-state index is 9.89. The molecule has 0 aliphatic carbocycles. The molecular weight excluding hydrogens is 202 g/mol. The average Bonchev–Trinajstić information content (AvgIpc) is 2.29. The topological polar surface area (TPSA) is 48.4 Å². The zero-order valence-corrected chi connectivity index (χ0v) is 9.90. The van der Waals surface area contributed by atoms with Crippen LogP contribution in [0.25, 0.3) is 0 Å². The van der Waals surface area contributed by atoms with Gasteiger partial charge in [0, 0.05) is 38.1 Å². The Balaban J connectivity index is 2.08. The van der Waals surface area contributed by atoms with Gasteiger partial charge >= 0.3 is 0 Å². The molecule has 0 amide bonds. The predicted molar refractivity (Wildman–Crippen MR) is 65.9 cm³/mol. The Morgan fingerprint density at radius 2 is 2.12 bits per heavy atom. The number of anilines is 2. The van der Waals surface area contributed by atoms with Gasteiger partial charge in [-0.2, -0.15) is 0 Å². The van der Waals surface area contributed by atoms with Crippen molar-refractivity contribution in [3.8, 4) is 0 Å². The number of aromatic nitrogens is 1. The van der Waals surface area contributed by atoms with Crippen LogP contribution in [0, 0.1) is 0 Å². The van der Waals surface area contributed by atoms with Gasteiger partial charge in [-0.15, -0.1) is 0 Å². The standard InChI is InChI=1S/C12H19N3O/c1-12(16)4-7-15(8-5-12)10-3-6-14-11(9-10)13-2/h3,6,9,16H,4-5,7-8H2,1-2H3,(H,13,14). The summed E-state index contributed by atoms with van der Waals surface area (Å²) in [5.41, 5.74) is 0.685. The van der Waals surface area contributed by atoms with E-state index in [2.05, 4.69) is 15.2 Å². The molecule has 0 spiro atoms. The lowest BCUT2D eigenvalue weighted by Crippen LogP contribution is -2.42. The zero-order valence-electron chi connectivity index (χ0n) is 9.90. The number of pyridine rings is 1. The van der Waals surface area contributed by atoms with E-state index < -0.39 is 5.60 Å². The summed E-state index contributed by atoms with van der Waals surface area (Å²) in [6.45, 7) is 3.72. The molecule has 0 bridgehead atoms. The van der Waals surface area contributed by atoms with E-state index in [0.717, 1.165) is 31.7 Å². The minimum Gasteiger partial charge on any atom is -0.390 e. The van der Waals surface area contributed by atoms with Gasteiger partial charge in [0.05, 0.1) is 5.60 Å².